The highest BCUT2D eigenvalue weighted by atomic mass is 19.2. The maximum atomic E-state index is 14.4. The van der Waals surface area contributed by atoms with Crippen LogP contribution in [0.4, 0.5) is 18.9 Å². The van der Waals surface area contributed by atoms with E-state index >= 15 is 0 Å². The van der Waals surface area contributed by atoms with E-state index in [1.807, 2.05) is 6.92 Å². The molecule has 1 aromatic carbocycles. The molecule has 0 aliphatic carbocycles. The quantitative estimate of drug-likeness (QED) is 0.0865. The highest BCUT2D eigenvalue weighted by Gasteiger charge is 2.37. The van der Waals surface area contributed by atoms with E-state index < -0.39 is 56.5 Å². The van der Waals surface area contributed by atoms with Gasteiger partial charge in [0, 0.05) is 18.8 Å². The number of ketones is 1. The van der Waals surface area contributed by atoms with Gasteiger partial charge < -0.3 is 10.1 Å². The number of nitrogens with zero attached hydrogens (tertiary/aromatic N) is 1. The minimum Gasteiger partial charge on any atom is -0.462 e. The summed E-state index contributed by atoms with van der Waals surface area (Å²) in [5, 5.41) is 13.4. The third kappa shape index (κ3) is 4.19. The molecule has 0 fully saturated rings. The van der Waals surface area contributed by atoms with E-state index in [0.29, 0.717) is 12.8 Å². The maximum Gasteiger partial charge on any atom is 0.343 e. The second kappa shape index (κ2) is 8.97. The number of hydrogen-bond acceptors (Lipinski definition) is 6. The Morgan fingerprint density at radius 1 is 1.23 bits per heavy atom. The first kappa shape index (κ1) is 21.1. The SMILES string of the molecule is CCCCOC(=O)/C(=C/NC)C(=O)c1c(F)c(C)c(F)c(F)c1[N+](=O)[O-]. The van der Waals surface area contributed by atoms with Crippen LogP contribution in [-0.2, 0) is 9.53 Å². The van der Waals surface area contributed by atoms with Gasteiger partial charge >= 0.3 is 11.7 Å². The molecule has 0 radical (unpaired) electrons. The molecular weight excluding hydrogens is 357 g/mol. The first-order valence-electron chi connectivity index (χ1n) is 7.59. The average Bonchev–Trinajstić information content (AvgIpc) is 2.59. The van der Waals surface area contributed by atoms with Gasteiger partial charge in [0.05, 0.1) is 11.5 Å². The van der Waals surface area contributed by atoms with Crippen LogP contribution in [0, 0.1) is 34.5 Å². The van der Waals surface area contributed by atoms with Crippen LogP contribution in [0.2, 0.25) is 0 Å². The van der Waals surface area contributed by atoms with Crippen molar-refractivity contribution in [1.29, 1.82) is 0 Å². The molecule has 0 bridgehead atoms. The molecule has 1 N–H and O–H groups in total. The Morgan fingerprint density at radius 2 is 1.85 bits per heavy atom. The number of Topliss-reactive ketones (excluding diaryl/α,β-unsaturated/α-hetero) is 1. The third-order valence-electron chi connectivity index (χ3n) is 3.41. The molecule has 0 unspecified atom stereocenters. The second-order valence-electron chi connectivity index (χ2n) is 5.21. The topological polar surface area (TPSA) is 98.5 Å². The van der Waals surface area contributed by atoms with Gasteiger partial charge in [-0.25, -0.2) is 13.6 Å². The van der Waals surface area contributed by atoms with E-state index in [1.165, 1.54) is 7.05 Å². The number of hydrogen-bond donors (Lipinski definition) is 1. The van der Waals surface area contributed by atoms with Crippen LogP contribution in [0.5, 0.6) is 0 Å². The predicted molar refractivity (Wildman–Crippen MR) is 85.0 cm³/mol. The molecule has 0 aromatic heterocycles. The maximum absolute atomic E-state index is 14.4. The zero-order chi connectivity index (χ0) is 20.0. The highest BCUT2D eigenvalue weighted by Crippen LogP contribution is 2.32. The van der Waals surface area contributed by atoms with E-state index in [4.69, 9.17) is 4.74 Å². The minimum absolute atomic E-state index is 0.0367. The Morgan fingerprint density at radius 3 is 2.35 bits per heavy atom. The lowest BCUT2D eigenvalue weighted by Crippen LogP contribution is -2.22. The smallest absolute Gasteiger partial charge is 0.343 e. The Kier molecular flexibility index (Phi) is 7.29. The van der Waals surface area contributed by atoms with E-state index in [1.54, 1.807) is 0 Å². The fourth-order valence-electron chi connectivity index (χ4n) is 2.03. The van der Waals surface area contributed by atoms with Crippen LogP contribution in [-0.4, -0.2) is 30.3 Å². The van der Waals surface area contributed by atoms with Gasteiger partial charge in [0.25, 0.3) is 0 Å². The molecule has 7 nitrogen and oxygen atoms in total. The monoisotopic (exact) mass is 374 g/mol. The first-order chi connectivity index (χ1) is 12.2. The number of rotatable bonds is 8. The molecule has 10 heteroatoms. The Balaban J connectivity index is 3.52. The van der Waals surface area contributed by atoms with Gasteiger partial charge in [0.2, 0.25) is 11.6 Å². The second-order valence-corrected chi connectivity index (χ2v) is 5.21. The molecule has 0 aliphatic rings. The van der Waals surface area contributed by atoms with Crippen molar-refractivity contribution in [3.63, 3.8) is 0 Å². The first-order valence-corrected chi connectivity index (χ1v) is 7.59. The summed E-state index contributed by atoms with van der Waals surface area (Å²) in [6, 6.07) is 0. The number of nitrogens with one attached hydrogen (secondary N) is 1. The van der Waals surface area contributed by atoms with Gasteiger partial charge in [-0.2, -0.15) is 4.39 Å². The number of carbonyl (C=O) groups excluding carboxylic acids is 2. The van der Waals surface area contributed by atoms with Crippen molar-refractivity contribution in [2.24, 2.45) is 0 Å². The van der Waals surface area contributed by atoms with Crippen molar-refractivity contribution in [2.45, 2.75) is 26.7 Å². The van der Waals surface area contributed by atoms with E-state index in [9.17, 15) is 32.9 Å². The van der Waals surface area contributed by atoms with Gasteiger partial charge in [0.15, 0.2) is 5.82 Å². The summed E-state index contributed by atoms with van der Waals surface area (Å²) in [4.78, 5) is 34.2. The number of ether oxygens (including phenoxy) is 1. The van der Waals surface area contributed by atoms with Crippen LogP contribution in [0.25, 0.3) is 0 Å². The zero-order valence-corrected chi connectivity index (χ0v) is 14.3. The molecule has 0 spiro atoms. The molecule has 0 saturated heterocycles. The number of halogens is 3. The van der Waals surface area contributed by atoms with Crippen molar-refractivity contribution < 1.29 is 32.4 Å². The Hall–Kier alpha value is -2.91. The molecule has 0 saturated carbocycles. The molecule has 0 heterocycles. The number of esters is 1. The van der Waals surface area contributed by atoms with Crippen molar-refractivity contribution in [2.75, 3.05) is 13.7 Å². The molecule has 0 amide bonds. The normalized spacial score (nSPS) is 11.2. The summed E-state index contributed by atoms with van der Waals surface area (Å²) in [7, 11) is 1.31. The van der Waals surface area contributed by atoms with Crippen LogP contribution in [0.1, 0.15) is 35.7 Å². The van der Waals surface area contributed by atoms with Gasteiger partial charge in [0.1, 0.15) is 17.0 Å². The number of carbonyl (C=O) groups is 2. The van der Waals surface area contributed by atoms with Crippen LogP contribution in [0.3, 0.4) is 0 Å². The lowest BCUT2D eigenvalue weighted by Gasteiger charge is -2.11. The molecule has 142 valence electrons. The molecular formula is C16H17F3N2O5. The standard InChI is InChI=1S/C16H17F3N2O5/c1-4-5-6-26-16(23)9(7-20-3)15(22)10-11(17)8(2)12(18)13(19)14(10)21(24)25/h7,20H,4-6H2,1-3H3/b9-7+. The summed E-state index contributed by atoms with van der Waals surface area (Å²) in [5.74, 6) is -8.05. The summed E-state index contributed by atoms with van der Waals surface area (Å²) < 4.78 is 46.7. The van der Waals surface area contributed by atoms with Gasteiger partial charge in [-0.1, -0.05) is 13.3 Å². The molecule has 1 rings (SSSR count). The van der Waals surface area contributed by atoms with Crippen LogP contribution in [0.15, 0.2) is 11.8 Å². The largest absolute Gasteiger partial charge is 0.462 e. The number of benzene rings is 1. The third-order valence-corrected chi connectivity index (χ3v) is 3.41. The fraction of sp³-hybridized carbons (Fsp3) is 0.375. The van der Waals surface area contributed by atoms with Crippen molar-refractivity contribution >= 4 is 17.4 Å². The van der Waals surface area contributed by atoms with Gasteiger partial charge in [-0.15, -0.1) is 0 Å². The van der Waals surface area contributed by atoms with Gasteiger partial charge in [-0.05, 0) is 13.3 Å². The molecule has 1 aromatic rings. The van der Waals surface area contributed by atoms with E-state index in [0.717, 1.165) is 13.1 Å². The Bertz CT molecular complexity index is 778. The number of nitro benzene ring substituents is 1. The van der Waals surface area contributed by atoms with Crippen molar-refractivity contribution in [1.82, 2.24) is 5.32 Å². The molecule has 0 atom stereocenters. The minimum atomic E-state index is -1.99. The van der Waals surface area contributed by atoms with Crippen LogP contribution < -0.4 is 5.32 Å². The summed E-state index contributed by atoms with van der Waals surface area (Å²) >= 11 is 0. The fourth-order valence-corrected chi connectivity index (χ4v) is 2.03. The number of nitro groups is 1. The predicted octanol–water partition coefficient (Wildman–Crippen LogP) is 2.95. The Labute approximate surface area is 147 Å². The lowest BCUT2D eigenvalue weighted by molar-refractivity contribution is -0.388. The van der Waals surface area contributed by atoms with E-state index in [2.05, 4.69) is 5.32 Å². The van der Waals surface area contributed by atoms with Gasteiger partial charge in [-0.3, -0.25) is 14.9 Å². The lowest BCUT2D eigenvalue weighted by atomic mass is 9.98. The van der Waals surface area contributed by atoms with Crippen LogP contribution >= 0.6 is 0 Å². The summed E-state index contributed by atoms with van der Waals surface area (Å²) in [6.07, 6.45) is 2.02. The number of unbranched alkanes of at least 4 members (excludes halogenated alkanes) is 1. The molecule has 26 heavy (non-hydrogen) atoms. The van der Waals surface area contributed by atoms with Crippen molar-refractivity contribution in [3.05, 3.63) is 50.5 Å². The summed E-state index contributed by atoms with van der Waals surface area (Å²) in [5.41, 5.74) is -4.73. The zero-order valence-electron chi connectivity index (χ0n) is 14.3. The molecule has 0 aliphatic heterocycles. The highest BCUT2D eigenvalue weighted by molar-refractivity contribution is 6.25. The average molecular weight is 374 g/mol. The summed E-state index contributed by atoms with van der Waals surface area (Å²) in [6.45, 7) is 2.60. The van der Waals surface area contributed by atoms with Crippen molar-refractivity contribution in [3.8, 4) is 0 Å². The van der Waals surface area contributed by atoms with E-state index in [-0.39, 0.29) is 6.61 Å².